The van der Waals surface area contributed by atoms with Gasteiger partial charge in [-0.25, -0.2) is 0 Å². The second-order valence-electron chi connectivity index (χ2n) is 6.24. The Morgan fingerprint density at radius 2 is 2.08 bits per heavy atom. The minimum atomic E-state index is 0.0935. The number of hydrogen-bond acceptors (Lipinski definition) is 4. The fourth-order valence-corrected chi connectivity index (χ4v) is 3.01. The third-order valence-corrected chi connectivity index (χ3v) is 4.41. The van der Waals surface area contributed by atoms with Gasteiger partial charge < -0.3 is 14.8 Å². The number of carbonyl (C=O) groups is 1. The number of rotatable bonds is 8. The van der Waals surface area contributed by atoms with Crippen molar-refractivity contribution in [1.29, 1.82) is 5.26 Å². The van der Waals surface area contributed by atoms with Crippen molar-refractivity contribution in [2.24, 2.45) is 5.92 Å². The van der Waals surface area contributed by atoms with Crippen LogP contribution in [0.5, 0.6) is 11.5 Å². The average Bonchev–Trinajstić information content (AvgIpc) is 2.64. The van der Waals surface area contributed by atoms with E-state index in [4.69, 9.17) is 14.7 Å². The van der Waals surface area contributed by atoms with Crippen LogP contribution in [0.25, 0.3) is 0 Å². The maximum Gasteiger partial charge on any atom is 0.220 e. The molecule has 24 heavy (non-hydrogen) atoms. The van der Waals surface area contributed by atoms with Gasteiger partial charge in [0.1, 0.15) is 0 Å². The second-order valence-corrected chi connectivity index (χ2v) is 6.24. The average molecular weight is 330 g/mol. The molecule has 1 N–H and O–H groups in total. The molecule has 5 nitrogen and oxygen atoms in total. The minimum absolute atomic E-state index is 0.0935. The van der Waals surface area contributed by atoms with Crippen molar-refractivity contribution in [3.8, 4) is 17.6 Å². The summed E-state index contributed by atoms with van der Waals surface area (Å²) in [5.74, 6) is 1.88. The summed E-state index contributed by atoms with van der Waals surface area (Å²) < 4.78 is 10.9. The summed E-state index contributed by atoms with van der Waals surface area (Å²) in [6.45, 7) is 1.25. The summed E-state index contributed by atoms with van der Waals surface area (Å²) in [5, 5.41) is 11.9. The number of hydrogen-bond donors (Lipinski definition) is 1. The molecule has 0 heterocycles. The van der Waals surface area contributed by atoms with E-state index in [9.17, 15) is 4.79 Å². The summed E-state index contributed by atoms with van der Waals surface area (Å²) in [5.41, 5.74) is 0.529. The molecule has 1 saturated carbocycles. The molecule has 1 aromatic rings. The smallest absolute Gasteiger partial charge is 0.220 e. The quantitative estimate of drug-likeness (QED) is 0.741. The highest BCUT2D eigenvalue weighted by Gasteiger charge is 2.14. The van der Waals surface area contributed by atoms with Crippen molar-refractivity contribution in [3.63, 3.8) is 0 Å². The molecule has 2 rings (SSSR count). The second kappa shape index (κ2) is 9.82. The zero-order valence-corrected chi connectivity index (χ0v) is 14.3. The van der Waals surface area contributed by atoms with Crippen LogP contribution in [0.4, 0.5) is 0 Å². The van der Waals surface area contributed by atoms with Gasteiger partial charge in [-0.15, -0.1) is 0 Å². The molecule has 0 unspecified atom stereocenters. The Labute approximate surface area is 144 Å². The van der Waals surface area contributed by atoms with Crippen molar-refractivity contribution in [1.82, 2.24) is 5.32 Å². The first-order chi connectivity index (χ1) is 11.7. The Morgan fingerprint density at radius 1 is 1.29 bits per heavy atom. The van der Waals surface area contributed by atoms with Gasteiger partial charge in [0.05, 0.1) is 25.3 Å². The number of carbonyl (C=O) groups excluding carboxylic acids is 1. The summed E-state index contributed by atoms with van der Waals surface area (Å²) >= 11 is 0. The molecule has 1 aromatic carbocycles. The Bertz CT molecular complexity index is 574. The Balaban J connectivity index is 1.65. The normalized spacial score (nSPS) is 14.7. The van der Waals surface area contributed by atoms with Crippen LogP contribution in [-0.2, 0) is 4.79 Å². The largest absolute Gasteiger partial charge is 0.493 e. The highest BCUT2D eigenvalue weighted by Crippen LogP contribution is 2.28. The van der Waals surface area contributed by atoms with Crippen molar-refractivity contribution < 1.29 is 14.3 Å². The molecule has 0 bridgehead atoms. The van der Waals surface area contributed by atoms with E-state index in [1.807, 2.05) is 0 Å². The fraction of sp³-hybridized carbons (Fsp3) is 0.579. The zero-order valence-electron chi connectivity index (χ0n) is 14.3. The SMILES string of the molecule is COc1cc(C#N)ccc1OCCCC(=O)NCC1CCCCC1. The molecule has 1 aliphatic carbocycles. The lowest BCUT2D eigenvalue weighted by molar-refractivity contribution is -0.121. The topological polar surface area (TPSA) is 71.3 Å². The van der Waals surface area contributed by atoms with Crippen molar-refractivity contribution >= 4 is 5.91 Å². The first-order valence-electron chi connectivity index (χ1n) is 8.70. The third kappa shape index (κ3) is 5.77. The van der Waals surface area contributed by atoms with E-state index in [1.54, 1.807) is 25.3 Å². The number of methoxy groups -OCH3 is 1. The molecule has 0 atom stereocenters. The lowest BCUT2D eigenvalue weighted by Gasteiger charge is -2.21. The highest BCUT2D eigenvalue weighted by atomic mass is 16.5. The van der Waals surface area contributed by atoms with Crippen LogP contribution in [0.3, 0.4) is 0 Å². The van der Waals surface area contributed by atoms with E-state index >= 15 is 0 Å². The summed E-state index contributed by atoms with van der Waals surface area (Å²) in [6.07, 6.45) is 7.51. The number of benzene rings is 1. The Kier molecular flexibility index (Phi) is 7.41. The highest BCUT2D eigenvalue weighted by molar-refractivity contribution is 5.75. The van der Waals surface area contributed by atoms with Crippen molar-refractivity contribution in [3.05, 3.63) is 23.8 Å². The molecule has 1 aliphatic rings. The van der Waals surface area contributed by atoms with E-state index < -0.39 is 0 Å². The van der Waals surface area contributed by atoms with Crippen LogP contribution < -0.4 is 14.8 Å². The molecule has 1 fully saturated rings. The van der Waals surface area contributed by atoms with Crippen molar-refractivity contribution in [2.45, 2.75) is 44.9 Å². The lowest BCUT2D eigenvalue weighted by atomic mass is 9.89. The molecule has 0 aromatic heterocycles. The van der Waals surface area contributed by atoms with Gasteiger partial charge in [0.15, 0.2) is 11.5 Å². The predicted octanol–water partition coefficient (Wildman–Crippen LogP) is 3.42. The van der Waals surface area contributed by atoms with Gasteiger partial charge in [-0.2, -0.15) is 5.26 Å². The van der Waals surface area contributed by atoms with Gasteiger partial charge in [-0.1, -0.05) is 19.3 Å². The molecule has 130 valence electrons. The lowest BCUT2D eigenvalue weighted by Crippen LogP contribution is -2.30. The number of amides is 1. The van der Waals surface area contributed by atoms with E-state index in [2.05, 4.69) is 11.4 Å². The molecule has 0 aliphatic heterocycles. The minimum Gasteiger partial charge on any atom is -0.493 e. The standard InChI is InChI=1S/C19H26N2O3/c1-23-18-12-16(13-20)9-10-17(18)24-11-5-8-19(22)21-14-15-6-3-2-4-7-15/h9-10,12,15H,2-8,11,14H2,1H3,(H,21,22). The molecule has 1 amide bonds. The summed E-state index contributed by atoms with van der Waals surface area (Å²) in [4.78, 5) is 11.9. The van der Waals surface area contributed by atoms with Crippen LogP contribution in [0.2, 0.25) is 0 Å². The van der Waals surface area contributed by atoms with Gasteiger partial charge in [0.2, 0.25) is 5.91 Å². The van der Waals surface area contributed by atoms with Crippen LogP contribution in [0, 0.1) is 17.2 Å². The maximum atomic E-state index is 11.9. The van der Waals surface area contributed by atoms with Gasteiger partial charge >= 0.3 is 0 Å². The Hall–Kier alpha value is -2.22. The predicted molar refractivity (Wildman–Crippen MR) is 92.0 cm³/mol. The fourth-order valence-electron chi connectivity index (χ4n) is 3.01. The first kappa shape index (κ1) is 18.1. The maximum absolute atomic E-state index is 11.9. The third-order valence-electron chi connectivity index (χ3n) is 4.41. The van der Waals surface area contributed by atoms with Crippen LogP contribution in [0.1, 0.15) is 50.5 Å². The number of nitriles is 1. The molecular weight excluding hydrogens is 304 g/mol. The zero-order chi connectivity index (χ0) is 17.2. The van der Waals surface area contributed by atoms with Crippen molar-refractivity contribution in [2.75, 3.05) is 20.3 Å². The molecule has 0 saturated heterocycles. The summed E-state index contributed by atoms with van der Waals surface area (Å²) in [7, 11) is 1.54. The number of ether oxygens (including phenoxy) is 2. The van der Waals surface area contributed by atoms with E-state index in [-0.39, 0.29) is 5.91 Å². The number of nitrogens with one attached hydrogen (secondary N) is 1. The molecule has 5 heteroatoms. The monoisotopic (exact) mass is 330 g/mol. The molecule has 0 spiro atoms. The van der Waals surface area contributed by atoms with Crippen LogP contribution >= 0.6 is 0 Å². The van der Waals surface area contributed by atoms with E-state index in [0.29, 0.717) is 42.4 Å². The molecular formula is C19H26N2O3. The van der Waals surface area contributed by atoms with Gasteiger partial charge in [-0.05, 0) is 37.3 Å². The summed E-state index contributed by atoms with van der Waals surface area (Å²) in [6, 6.07) is 7.12. The van der Waals surface area contributed by atoms with Gasteiger partial charge in [0, 0.05) is 19.0 Å². The first-order valence-corrected chi connectivity index (χ1v) is 8.70. The van der Waals surface area contributed by atoms with E-state index in [1.165, 1.54) is 32.1 Å². The van der Waals surface area contributed by atoms with Gasteiger partial charge in [0.25, 0.3) is 0 Å². The van der Waals surface area contributed by atoms with Gasteiger partial charge in [-0.3, -0.25) is 4.79 Å². The number of nitrogens with zero attached hydrogens (tertiary/aromatic N) is 1. The van der Waals surface area contributed by atoms with Crippen LogP contribution in [0.15, 0.2) is 18.2 Å². The van der Waals surface area contributed by atoms with E-state index in [0.717, 1.165) is 6.54 Å². The van der Waals surface area contributed by atoms with Crippen LogP contribution in [-0.4, -0.2) is 26.2 Å². The molecule has 0 radical (unpaired) electrons. The Morgan fingerprint density at radius 3 is 2.79 bits per heavy atom.